The third-order valence-corrected chi connectivity index (χ3v) is 1.42. The number of hydrogen-bond acceptors (Lipinski definition) is 1. The maximum Gasteiger partial charge on any atom is 0.123 e. The van der Waals surface area contributed by atoms with Gasteiger partial charge in [0.1, 0.15) is 9.04 Å². The van der Waals surface area contributed by atoms with Crippen molar-refractivity contribution in [2.45, 2.75) is 0 Å². The molecule has 0 aromatic carbocycles. The molecule has 0 atom stereocenters. The lowest BCUT2D eigenvalue weighted by Crippen LogP contribution is -1.75. The first-order chi connectivity index (χ1) is 1.91. The van der Waals surface area contributed by atoms with E-state index in [2.05, 4.69) is 5.69 Å². The molecule has 3 heteroatoms. The van der Waals surface area contributed by atoms with E-state index in [9.17, 15) is 0 Å². The molecular formula is CH5NSi2. The van der Waals surface area contributed by atoms with Crippen molar-refractivity contribution >= 4 is 18.8 Å². The molecular weight excluding hydrogens is 82.2 g/mol. The Hall–Kier alpha value is -0.0762. The summed E-state index contributed by atoms with van der Waals surface area (Å²) in [7, 11) is 1.04. The first kappa shape index (κ1) is 3.92. The molecule has 0 rings (SSSR count). The van der Waals surface area contributed by atoms with E-state index in [0.717, 1.165) is 0 Å². The van der Waals surface area contributed by atoms with Crippen LogP contribution in [0.25, 0.3) is 0 Å². The van der Waals surface area contributed by atoms with Crippen molar-refractivity contribution in [1.29, 1.82) is 5.26 Å². The molecule has 0 aliphatic rings. The highest BCUT2D eigenvalue weighted by atomic mass is 29.1. The van der Waals surface area contributed by atoms with Crippen LogP contribution in [-0.2, 0) is 0 Å². The fourth-order valence-electron chi connectivity index (χ4n) is 0. The van der Waals surface area contributed by atoms with Gasteiger partial charge in [0, 0.05) is 15.5 Å². The standard InChI is InChI=1S/CH5NSi2/c2-1-4-3/h4H2,3H3. The van der Waals surface area contributed by atoms with Crippen LogP contribution in [0.2, 0.25) is 0 Å². The summed E-state index contributed by atoms with van der Waals surface area (Å²) in [6, 6.07) is 0. The van der Waals surface area contributed by atoms with E-state index in [1.54, 1.807) is 0 Å². The van der Waals surface area contributed by atoms with Crippen LogP contribution in [0, 0.1) is 11.0 Å². The third-order valence-electron chi connectivity index (χ3n) is 0.158. The van der Waals surface area contributed by atoms with Crippen molar-refractivity contribution in [1.82, 2.24) is 0 Å². The Morgan fingerprint density at radius 1 is 2.00 bits per heavy atom. The Balaban J connectivity index is 2.43. The average molecular weight is 87.2 g/mol. The van der Waals surface area contributed by atoms with Gasteiger partial charge in [-0.15, -0.1) is 0 Å². The Kier molecular flexibility index (Phi) is 2.87. The zero-order valence-electron chi connectivity index (χ0n) is 2.65. The largest absolute Gasteiger partial charge is 0.208 e. The van der Waals surface area contributed by atoms with E-state index in [0.29, 0.717) is 0 Å². The minimum Gasteiger partial charge on any atom is -0.208 e. The van der Waals surface area contributed by atoms with Gasteiger partial charge in [0.25, 0.3) is 0 Å². The number of nitrogens with zero attached hydrogens (tertiary/aromatic N) is 1. The summed E-state index contributed by atoms with van der Waals surface area (Å²) in [5, 5.41) is 7.72. The number of hydrogen-bond donors (Lipinski definition) is 0. The van der Waals surface area contributed by atoms with Crippen LogP contribution in [-0.4, -0.2) is 18.8 Å². The summed E-state index contributed by atoms with van der Waals surface area (Å²) < 4.78 is 0. The topological polar surface area (TPSA) is 23.8 Å². The second-order valence-corrected chi connectivity index (χ2v) is 3.66. The first-order valence-corrected chi connectivity index (χ1v) is 7.65. The molecule has 0 N–H and O–H groups in total. The van der Waals surface area contributed by atoms with Gasteiger partial charge in [-0.3, -0.25) is 0 Å². The maximum absolute atomic E-state index is 7.72. The minimum atomic E-state index is -0.131. The Labute approximate surface area is 30.7 Å². The summed E-state index contributed by atoms with van der Waals surface area (Å²) in [6.07, 6.45) is 0. The monoisotopic (exact) mass is 87.0 g/mol. The van der Waals surface area contributed by atoms with Crippen LogP contribution in [0.4, 0.5) is 0 Å². The van der Waals surface area contributed by atoms with Gasteiger partial charge in [0.15, 0.2) is 0 Å². The summed E-state index contributed by atoms with van der Waals surface area (Å²) in [5.74, 6) is 0. The maximum atomic E-state index is 7.72. The van der Waals surface area contributed by atoms with Crippen molar-refractivity contribution in [3.05, 3.63) is 0 Å². The van der Waals surface area contributed by atoms with Gasteiger partial charge in [-0.1, -0.05) is 0 Å². The van der Waals surface area contributed by atoms with Crippen LogP contribution >= 0.6 is 0 Å². The highest BCUT2D eigenvalue weighted by Crippen LogP contribution is 1.25. The Morgan fingerprint density at radius 3 is 2.25 bits per heavy atom. The molecule has 0 aliphatic heterocycles. The molecule has 4 heavy (non-hydrogen) atoms. The van der Waals surface area contributed by atoms with Crippen molar-refractivity contribution in [2.24, 2.45) is 0 Å². The van der Waals surface area contributed by atoms with E-state index in [1.807, 2.05) is 0 Å². The van der Waals surface area contributed by atoms with Gasteiger partial charge in [-0.2, -0.15) is 0 Å². The molecule has 0 radical (unpaired) electrons. The van der Waals surface area contributed by atoms with E-state index in [4.69, 9.17) is 5.26 Å². The summed E-state index contributed by atoms with van der Waals surface area (Å²) >= 11 is 0. The molecule has 0 heterocycles. The van der Waals surface area contributed by atoms with Crippen molar-refractivity contribution in [3.8, 4) is 5.69 Å². The minimum absolute atomic E-state index is 0.131. The summed E-state index contributed by atoms with van der Waals surface area (Å²) in [5.41, 5.74) is 2.13. The smallest absolute Gasteiger partial charge is 0.123 e. The van der Waals surface area contributed by atoms with Crippen LogP contribution in [0.1, 0.15) is 0 Å². The molecule has 0 unspecified atom stereocenters. The molecule has 0 aliphatic carbocycles. The molecule has 22 valence electrons. The first-order valence-electron chi connectivity index (χ1n) is 1.28. The lowest BCUT2D eigenvalue weighted by Gasteiger charge is -1.43. The van der Waals surface area contributed by atoms with Crippen LogP contribution in [0.15, 0.2) is 0 Å². The molecule has 0 bridgehead atoms. The van der Waals surface area contributed by atoms with Gasteiger partial charge in [-0.05, 0) is 0 Å². The van der Waals surface area contributed by atoms with Crippen LogP contribution in [0.3, 0.4) is 0 Å². The third kappa shape index (κ3) is 1.92. The summed E-state index contributed by atoms with van der Waals surface area (Å²) in [6.45, 7) is 0. The number of nitriles is 1. The normalized spacial score (nSPS) is 8.75. The second-order valence-electron chi connectivity index (χ2n) is 0.512. The van der Waals surface area contributed by atoms with Gasteiger partial charge in [0.2, 0.25) is 0 Å². The predicted octanol–water partition coefficient (Wildman–Crippen LogP) is -2.08. The quantitative estimate of drug-likeness (QED) is 0.311. The van der Waals surface area contributed by atoms with E-state index in [-0.39, 0.29) is 9.04 Å². The molecule has 0 aromatic rings. The lowest BCUT2D eigenvalue weighted by molar-refractivity contribution is 1.56. The average Bonchev–Trinajstić information content (AvgIpc) is 1.37. The van der Waals surface area contributed by atoms with Gasteiger partial charge >= 0.3 is 0 Å². The molecule has 0 amide bonds. The van der Waals surface area contributed by atoms with E-state index < -0.39 is 0 Å². The van der Waals surface area contributed by atoms with Crippen molar-refractivity contribution in [2.75, 3.05) is 0 Å². The SMILES string of the molecule is N#C[SiH2][SiH3]. The highest BCUT2D eigenvalue weighted by Gasteiger charge is 1.53. The predicted molar refractivity (Wildman–Crippen MR) is 24.1 cm³/mol. The molecule has 0 fully saturated rings. The van der Waals surface area contributed by atoms with E-state index >= 15 is 0 Å². The highest BCUT2D eigenvalue weighted by molar-refractivity contribution is 6.94. The lowest BCUT2D eigenvalue weighted by atomic mass is 11.8. The summed E-state index contributed by atoms with van der Waals surface area (Å²) in [4.78, 5) is 0. The molecule has 0 saturated heterocycles. The molecule has 0 spiro atoms. The van der Waals surface area contributed by atoms with Gasteiger partial charge in [-0.25, -0.2) is 5.26 Å². The fraction of sp³-hybridized carbons (Fsp3) is 0. The Bertz CT molecular complexity index is 35.8. The molecule has 0 saturated carbocycles. The number of rotatable bonds is 0. The van der Waals surface area contributed by atoms with Gasteiger partial charge in [0.05, 0.1) is 0 Å². The fourth-order valence-corrected chi connectivity index (χ4v) is 0. The molecule has 0 aromatic heterocycles. The molecule has 1 nitrogen and oxygen atoms in total. The van der Waals surface area contributed by atoms with Crippen molar-refractivity contribution in [3.63, 3.8) is 0 Å². The zero-order chi connectivity index (χ0) is 3.41. The van der Waals surface area contributed by atoms with Crippen LogP contribution in [0.5, 0.6) is 0 Å². The Morgan fingerprint density at radius 2 is 2.25 bits per heavy atom. The second kappa shape index (κ2) is 2.92. The zero-order valence-corrected chi connectivity index (χ0v) is 6.07. The van der Waals surface area contributed by atoms with Gasteiger partial charge < -0.3 is 0 Å². The van der Waals surface area contributed by atoms with E-state index in [1.165, 1.54) is 9.76 Å². The van der Waals surface area contributed by atoms with Crippen molar-refractivity contribution < 1.29 is 0 Å². The van der Waals surface area contributed by atoms with Crippen LogP contribution < -0.4 is 0 Å².